The molecule has 1 fully saturated rings. The van der Waals surface area contributed by atoms with Crippen LogP contribution in [0.1, 0.15) is 57.9 Å². The van der Waals surface area contributed by atoms with Gasteiger partial charge in [0.1, 0.15) is 6.10 Å². The number of benzene rings is 1. The summed E-state index contributed by atoms with van der Waals surface area (Å²) in [5, 5.41) is 0.157. The molecule has 0 N–H and O–H groups in total. The van der Waals surface area contributed by atoms with Gasteiger partial charge >= 0.3 is 0 Å². The van der Waals surface area contributed by atoms with E-state index in [-0.39, 0.29) is 11.1 Å². The fraction of sp³-hybridized carbons (Fsp3) is 0.600. The molecule has 0 aromatic heterocycles. The predicted octanol–water partition coefficient (Wildman–Crippen LogP) is 6.22. The van der Waals surface area contributed by atoms with Gasteiger partial charge in [0.15, 0.2) is 0 Å². The van der Waals surface area contributed by atoms with Crippen molar-refractivity contribution in [1.29, 1.82) is 0 Å². The third kappa shape index (κ3) is 4.63. The van der Waals surface area contributed by atoms with Gasteiger partial charge in [-0.3, -0.25) is 0 Å². The lowest BCUT2D eigenvalue weighted by atomic mass is 9.81. The maximum Gasteiger partial charge on any atom is 0.257 e. The normalized spacial score (nSPS) is 22.5. The second-order valence-corrected chi connectivity index (χ2v) is 12.9. The highest BCUT2D eigenvalue weighted by atomic mass is 28.4. The monoisotopic (exact) mass is 332 g/mol. The molecule has 1 aliphatic carbocycles. The van der Waals surface area contributed by atoms with Crippen molar-refractivity contribution in [3.8, 4) is 0 Å². The quantitative estimate of drug-likeness (QED) is 0.470. The standard InChI is InChI=1S/C20H32O2Si/c1-16(22-23(5,6)20(2,3)4)21-19-15-11-10-14-18(19)17-12-8-7-9-13-17/h7-9,12-13,18-19H,1,10-11,14-15H2,2-6H3/t18-,19-/m0/s1. The summed E-state index contributed by atoms with van der Waals surface area (Å²) in [6.07, 6.45) is 4.95. The number of hydrogen-bond acceptors (Lipinski definition) is 2. The van der Waals surface area contributed by atoms with Gasteiger partial charge in [-0.15, -0.1) is 0 Å². The van der Waals surface area contributed by atoms with Gasteiger partial charge < -0.3 is 9.16 Å². The molecule has 1 aromatic rings. The molecule has 23 heavy (non-hydrogen) atoms. The Hall–Kier alpha value is -1.22. The lowest BCUT2D eigenvalue weighted by Gasteiger charge is -2.39. The summed E-state index contributed by atoms with van der Waals surface area (Å²) in [6.45, 7) is 15.2. The zero-order chi connectivity index (χ0) is 17.1. The Morgan fingerprint density at radius 1 is 1.09 bits per heavy atom. The van der Waals surface area contributed by atoms with Crippen molar-refractivity contribution < 1.29 is 9.16 Å². The van der Waals surface area contributed by atoms with Gasteiger partial charge in [-0.2, -0.15) is 0 Å². The summed E-state index contributed by atoms with van der Waals surface area (Å²) in [5.41, 5.74) is 1.37. The summed E-state index contributed by atoms with van der Waals surface area (Å²) in [7, 11) is -1.88. The average molecular weight is 333 g/mol. The van der Waals surface area contributed by atoms with Crippen LogP contribution in [0.3, 0.4) is 0 Å². The summed E-state index contributed by atoms with van der Waals surface area (Å²) in [4.78, 5) is 0. The van der Waals surface area contributed by atoms with Crippen LogP contribution in [0.25, 0.3) is 0 Å². The lowest BCUT2D eigenvalue weighted by molar-refractivity contribution is 0.00554. The average Bonchev–Trinajstić information content (AvgIpc) is 2.47. The Labute approximate surface area is 143 Å². The van der Waals surface area contributed by atoms with Crippen molar-refractivity contribution in [3.05, 3.63) is 48.4 Å². The van der Waals surface area contributed by atoms with E-state index in [1.807, 2.05) is 0 Å². The molecule has 0 radical (unpaired) electrons. The molecule has 0 spiro atoms. The molecular weight excluding hydrogens is 300 g/mol. The van der Waals surface area contributed by atoms with Crippen molar-refractivity contribution in [3.63, 3.8) is 0 Å². The van der Waals surface area contributed by atoms with E-state index in [9.17, 15) is 0 Å². The van der Waals surface area contributed by atoms with Gasteiger partial charge in [0, 0.05) is 5.92 Å². The fourth-order valence-electron chi connectivity index (χ4n) is 2.95. The minimum absolute atomic E-state index is 0.157. The van der Waals surface area contributed by atoms with E-state index in [1.165, 1.54) is 24.8 Å². The minimum Gasteiger partial charge on any atom is -0.519 e. The Morgan fingerprint density at radius 2 is 1.70 bits per heavy atom. The molecule has 0 aliphatic heterocycles. The number of hydrogen-bond donors (Lipinski definition) is 0. The van der Waals surface area contributed by atoms with E-state index in [2.05, 4.69) is 70.8 Å². The van der Waals surface area contributed by atoms with Crippen LogP contribution in [0.2, 0.25) is 18.1 Å². The Bertz CT molecular complexity index is 516. The highest BCUT2D eigenvalue weighted by molar-refractivity contribution is 6.74. The highest BCUT2D eigenvalue weighted by Gasteiger charge is 2.40. The molecule has 1 aromatic carbocycles. The highest BCUT2D eigenvalue weighted by Crippen LogP contribution is 2.40. The zero-order valence-corrected chi connectivity index (χ0v) is 16.4. The Kier molecular flexibility index (Phi) is 5.61. The largest absolute Gasteiger partial charge is 0.519 e. The van der Waals surface area contributed by atoms with Crippen molar-refractivity contribution in [2.75, 3.05) is 0 Å². The van der Waals surface area contributed by atoms with Crippen molar-refractivity contribution in [2.45, 2.75) is 76.6 Å². The van der Waals surface area contributed by atoms with Crippen LogP contribution in [0.5, 0.6) is 0 Å². The molecular formula is C20H32O2Si. The van der Waals surface area contributed by atoms with E-state index in [0.717, 1.165) is 6.42 Å². The van der Waals surface area contributed by atoms with Gasteiger partial charge in [-0.05, 0) is 49.5 Å². The van der Waals surface area contributed by atoms with Crippen LogP contribution in [-0.2, 0) is 9.16 Å². The van der Waals surface area contributed by atoms with Crippen LogP contribution >= 0.6 is 0 Å². The molecule has 2 rings (SSSR count). The topological polar surface area (TPSA) is 18.5 Å². The Balaban J connectivity index is 2.03. The van der Waals surface area contributed by atoms with Crippen LogP contribution in [0.15, 0.2) is 42.9 Å². The zero-order valence-electron chi connectivity index (χ0n) is 15.4. The maximum absolute atomic E-state index is 6.21. The predicted molar refractivity (Wildman–Crippen MR) is 99.9 cm³/mol. The number of rotatable bonds is 5. The first-order chi connectivity index (χ1) is 10.7. The first kappa shape index (κ1) is 18.1. The van der Waals surface area contributed by atoms with Crippen LogP contribution in [0, 0.1) is 0 Å². The fourth-order valence-corrected chi connectivity index (χ4v) is 3.87. The first-order valence-electron chi connectivity index (χ1n) is 8.80. The maximum atomic E-state index is 6.21. The van der Waals surface area contributed by atoms with Gasteiger partial charge in [-0.1, -0.05) is 57.5 Å². The Morgan fingerprint density at radius 3 is 2.30 bits per heavy atom. The van der Waals surface area contributed by atoms with Gasteiger partial charge in [0.2, 0.25) is 0 Å². The molecule has 0 unspecified atom stereocenters. The molecule has 2 nitrogen and oxygen atoms in total. The first-order valence-corrected chi connectivity index (χ1v) is 11.7. The van der Waals surface area contributed by atoms with Crippen LogP contribution in [0.4, 0.5) is 0 Å². The molecule has 3 heteroatoms. The van der Waals surface area contributed by atoms with E-state index in [0.29, 0.717) is 11.9 Å². The summed E-state index contributed by atoms with van der Waals surface area (Å²) in [6, 6.07) is 10.7. The number of ether oxygens (including phenoxy) is 1. The molecule has 128 valence electrons. The molecule has 1 saturated carbocycles. The van der Waals surface area contributed by atoms with Crippen LogP contribution < -0.4 is 0 Å². The second kappa shape index (κ2) is 7.12. The summed E-state index contributed by atoms with van der Waals surface area (Å²) in [5.74, 6) is 0.967. The minimum atomic E-state index is -1.88. The summed E-state index contributed by atoms with van der Waals surface area (Å²) >= 11 is 0. The third-order valence-corrected chi connectivity index (χ3v) is 9.74. The third-order valence-electron chi connectivity index (χ3n) is 5.39. The van der Waals surface area contributed by atoms with Gasteiger partial charge in [0.25, 0.3) is 14.3 Å². The van der Waals surface area contributed by atoms with Crippen molar-refractivity contribution in [1.82, 2.24) is 0 Å². The SMILES string of the molecule is C=C(O[C@H]1CCCC[C@H]1c1ccccc1)O[Si](C)(C)C(C)(C)C. The van der Waals surface area contributed by atoms with E-state index >= 15 is 0 Å². The van der Waals surface area contributed by atoms with Gasteiger partial charge in [-0.25, -0.2) is 0 Å². The van der Waals surface area contributed by atoms with Gasteiger partial charge in [0.05, 0.1) is 0 Å². The second-order valence-electron chi connectivity index (χ2n) is 8.19. The molecule has 1 aliphatic rings. The van der Waals surface area contributed by atoms with E-state index in [4.69, 9.17) is 9.16 Å². The molecule has 0 heterocycles. The molecule has 0 saturated heterocycles. The summed E-state index contributed by atoms with van der Waals surface area (Å²) < 4.78 is 12.4. The van der Waals surface area contributed by atoms with Crippen molar-refractivity contribution in [2.24, 2.45) is 0 Å². The molecule has 0 amide bonds. The molecule has 2 atom stereocenters. The van der Waals surface area contributed by atoms with E-state index < -0.39 is 8.32 Å². The van der Waals surface area contributed by atoms with Crippen molar-refractivity contribution >= 4 is 8.32 Å². The lowest BCUT2D eigenvalue weighted by Crippen LogP contribution is -2.41. The van der Waals surface area contributed by atoms with Crippen LogP contribution in [-0.4, -0.2) is 14.4 Å². The smallest absolute Gasteiger partial charge is 0.257 e. The van der Waals surface area contributed by atoms with E-state index in [1.54, 1.807) is 0 Å². The molecule has 0 bridgehead atoms.